The number of hydrogen-bond acceptors (Lipinski definition) is 3. The molecule has 0 aromatic heterocycles. The Morgan fingerprint density at radius 3 is 2.71 bits per heavy atom. The molecule has 2 aromatic rings. The highest BCUT2D eigenvalue weighted by Gasteiger charge is 2.36. The van der Waals surface area contributed by atoms with Gasteiger partial charge in [-0.2, -0.15) is 0 Å². The summed E-state index contributed by atoms with van der Waals surface area (Å²) in [5.74, 6) is -0.0222. The van der Waals surface area contributed by atoms with Crippen LogP contribution in [0.3, 0.4) is 0 Å². The lowest BCUT2D eigenvalue weighted by Crippen LogP contribution is -2.49. The Hall–Kier alpha value is -2.33. The van der Waals surface area contributed by atoms with Gasteiger partial charge in [0.15, 0.2) is 0 Å². The Balaban J connectivity index is 1.88. The normalized spacial score (nSPS) is 23.5. The largest absolute Gasteiger partial charge is 0.346 e. The average Bonchev–Trinajstić information content (AvgIpc) is 2.53. The Labute approximate surface area is 123 Å². The van der Waals surface area contributed by atoms with Gasteiger partial charge in [0, 0.05) is 12.6 Å². The fourth-order valence-corrected chi connectivity index (χ4v) is 3.35. The molecule has 4 nitrogen and oxygen atoms in total. The maximum absolute atomic E-state index is 12.4. The first-order chi connectivity index (χ1) is 10.3. The van der Waals surface area contributed by atoms with E-state index in [4.69, 9.17) is 5.73 Å². The molecule has 2 aromatic carbocycles. The molecular weight excluding hydrogens is 262 g/mol. The van der Waals surface area contributed by atoms with Crippen molar-refractivity contribution < 1.29 is 4.79 Å². The van der Waals surface area contributed by atoms with Gasteiger partial charge in [-0.1, -0.05) is 42.5 Å². The second-order valence-electron chi connectivity index (χ2n) is 5.62. The number of nitrogens with zero attached hydrogens (tertiary/aromatic N) is 1. The zero-order valence-corrected chi connectivity index (χ0v) is 11.6. The number of carbonyl (C=O) groups is 1. The third kappa shape index (κ3) is 1.83. The standard InChI is InChI=1S/C17H17N3O/c18-14-9-10-20-15-12(14)7-4-8-13(15)17(21)19-16(20)11-5-2-1-3-6-11/h1-8,14,16H,9-10,18H2,(H,19,21)/t14-,16+/m0/s1. The van der Waals surface area contributed by atoms with Crippen molar-refractivity contribution in [2.24, 2.45) is 5.73 Å². The smallest absolute Gasteiger partial charge is 0.255 e. The molecule has 0 saturated heterocycles. The molecule has 2 heterocycles. The quantitative estimate of drug-likeness (QED) is 0.842. The molecular formula is C17H17N3O. The average molecular weight is 279 g/mol. The Morgan fingerprint density at radius 1 is 1.10 bits per heavy atom. The van der Waals surface area contributed by atoms with Crippen molar-refractivity contribution in [3.8, 4) is 0 Å². The fourth-order valence-electron chi connectivity index (χ4n) is 3.35. The van der Waals surface area contributed by atoms with Crippen LogP contribution in [0.1, 0.15) is 40.1 Å². The minimum Gasteiger partial charge on any atom is -0.346 e. The predicted molar refractivity (Wildman–Crippen MR) is 82.0 cm³/mol. The van der Waals surface area contributed by atoms with Crippen molar-refractivity contribution >= 4 is 11.6 Å². The van der Waals surface area contributed by atoms with E-state index in [0.29, 0.717) is 0 Å². The lowest BCUT2D eigenvalue weighted by Gasteiger charge is -2.44. The Bertz CT molecular complexity index is 698. The second kappa shape index (κ2) is 4.60. The van der Waals surface area contributed by atoms with Crippen LogP contribution in [0.25, 0.3) is 0 Å². The summed E-state index contributed by atoms with van der Waals surface area (Å²) in [5.41, 5.74) is 10.1. The molecule has 0 unspecified atom stereocenters. The molecule has 4 heteroatoms. The van der Waals surface area contributed by atoms with Crippen LogP contribution >= 0.6 is 0 Å². The van der Waals surface area contributed by atoms with E-state index < -0.39 is 0 Å². The van der Waals surface area contributed by atoms with E-state index in [-0.39, 0.29) is 18.1 Å². The van der Waals surface area contributed by atoms with Gasteiger partial charge in [-0.25, -0.2) is 0 Å². The van der Waals surface area contributed by atoms with E-state index >= 15 is 0 Å². The number of rotatable bonds is 1. The van der Waals surface area contributed by atoms with E-state index in [9.17, 15) is 4.79 Å². The number of anilines is 1. The highest BCUT2D eigenvalue weighted by atomic mass is 16.2. The summed E-state index contributed by atoms with van der Waals surface area (Å²) < 4.78 is 0. The van der Waals surface area contributed by atoms with Crippen LogP contribution in [0.4, 0.5) is 5.69 Å². The third-order valence-electron chi connectivity index (χ3n) is 4.37. The summed E-state index contributed by atoms with van der Waals surface area (Å²) in [6.07, 6.45) is 0.787. The van der Waals surface area contributed by atoms with Crippen LogP contribution in [-0.4, -0.2) is 12.5 Å². The lowest BCUT2D eigenvalue weighted by atomic mass is 9.90. The maximum Gasteiger partial charge on any atom is 0.255 e. The van der Waals surface area contributed by atoms with Gasteiger partial charge < -0.3 is 16.0 Å². The van der Waals surface area contributed by atoms with Crippen molar-refractivity contribution in [2.45, 2.75) is 18.6 Å². The molecule has 2 aliphatic heterocycles. The number of benzene rings is 2. The van der Waals surface area contributed by atoms with Gasteiger partial charge in [0.2, 0.25) is 0 Å². The highest BCUT2D eigenvalue weighted by Crippen LogP contribution is 2.41. The zero-order chi connectivity index (χ0) is 14.4. The molecule has 0 fully saturated rings. The van der Waals surface area contributed by atoms with E-state index in [0.717, 1.165) is 35.3 Å². The summed E-state index contributed by atoms with van der Waals surface area (Å²) in [7, 11) is 0. The third-order valence-corrected chi connectivity index (χ3v) is 4.37. The number of amides is 1. The van der Waals surface area contributed by atoms with Crippen LogP contribution in [0.5, 0.6) is 0 Å². The van der Waals surface area contributed by atoms with Gasteiger partial charge in [0.05, 0.1) is 11.3 Å². The predicted octanol–water partition coefficient (Wildman–Crippen LogP) is 2.34. The molecule has 2 aliphatic rings. The van der Waals surface area contributed by atoms with Crippen molar-refractivity contribution in [3.63, 3.8) is 0 Å². The lowest BCUT2D eigenvalue weighted by molar-refractivity contribution is 0.0925. The van der Waals surface area contributed by atoms with Crippen LogP contribution in [0.2, 0.25) is 0 Å². The first kappa shape index (κ1) is 12.4. The summed E-state index contributed by atoms with van der Waals surface area (Å²) >= 11 is 0. The first-order valence-corrected chi connectivity index (χ1v) is 7.26. The zero-order valence-electron chi connectivity index (χ0n) is 11.6. The summed E-state index contributed by atoms with van der Waals surface area (Å²) in [5, 5.41) is 3.11. The van der Waals surface area contributed by atoms with Crippen molar-refractivity contribution in [1.29, 1.82) is 0 Å². The van der Waals surface area contributed by atoms with E-state index in [2.05, 4.69) is 10.2 Å². The summed E-state index contributed by atoms with van der Waals surface area (Å²) in [6.45, 7) is 0.852. The molecule has 0 radical (unpaired) electrons. The number of hydrogen-bond donors (Lipinski definition) is 2. The van der Waals surface area contributed by atoms with Crippen molar-refractivity contribution in [1.82, 2.24) is 5.32 Å². The SMILES string of the molecule is N[C@H]1CCN2c3c(cccc31)C(=O)N[C@H]2c1ccccc1. The number of carbonyl (C=O) groups excluding carboxylic acids is 1. The minimum atomic E-state index is -0.111. The molecule has 106 valence electrons. The maximum atomic E-state index is 12.4. The fraction of sp³-hybridized carbons (Fsp3) is 0.235. The van der Waals surface area contributed by atoms with Gasteiger partial charge in [-0.15, -0.1) is 0 Å². The second-order valence-corrected chi connectivity index (χ2v) is 5.62. The van der Waals surface area contributed by atoms with Gasteiger partial charge >= 0.3 is 0 Å². The molecule has 2 atom stereocenters. The van der Waals surface area contributed by atoms with Gasteiger partial charge in [-0.05, 0) is 23.6 Å². The van der Waals surface area contributed by atoms with Crippen molar-refractivity contribution in [3.05, 3.63) is 65.2 Å². The monoisotopic (exact) mass is 279 g/mol. The van der Waals surface area contributed by atoms with Gasteiger partial charge in [0.25, 0.3) is 5.91 Å². The number of nitrogens with one attached hydrogen (secondary N) is 1. The number of nitrogens with two attached hydrogens (primary N) is 1. The highest BCUT2D eigenvalue weighted by molar-refractivity contribution is 6.03. The van der Waals surface area contributed by atoms with Gasteiger partial charge in [-0.3, -0.25) is 4.79 Å². The van der Waals surface area contributed by atoms with Crippen LogP contribution in [0, 0.1) is 0 Å². The summed E-state index contributed by atoms with van der Waals surface area (Å²) in [6, 6.07) is 15.9. The topological polar surface area (TPSA) is 58.4 Å². The molecule has 0 spiro atoms. The van der Waals surface area contributed by atoms with Crippen LogP contribution < -0.4 is 16.0 Å². The molecule has 0 saturated carbocycles. The van der Waals surface area contributed by atoms with E-state index in [1.54, 1.807) is 0 Å². The van der Waals surface area contributed by atoms with E-state index in [1.807, 2.05) is 48.5 Å². The molecule has 0 aliphatic carbocycles. The van der Waals surface area contributed by atoms with Crippen LogP contribution in [0.15, 0.2) is 48.5 Å². The van der Waals surface area contributed by atoms with E-state index in [1.165, 1.54) is 0 Å². The molecule has 3 N–H and O–H groups in total. The number of para-hydroxylation sites is 1. The minimum absolute atomic E-state index is 0.0125. The first-order valence-electron chi connectivity index (χ1n) is 7.26. The Morgan fingerprint density at radius 2 is 1.90 bits per heavy atom. The molecule has 21 heavy (non-hydrogen) atoms. The van der Waals surface area contributed by atoms with Gasteiger partial charge in [0.1, 0.15) is 6.17 Å². The van der Waals surface area contributed by atoms with Crippen LogP contribution in [-0.2, 0) is 0 Å². The molecule has 1 amide bonds. The molecule has 0 bridgehead atoms. The molecule has 4 rings (SSSR count). The van der Waals surface area contributed by atoms with Crippen molar-refractivity contribution in [2.75, 3.05) is 11.4 Å². The summed E-state index contributed by atoms with van der Waals surface area (Å²) in [4.78, 5) is 14.7. The Kier molecular flexibility index (Phi) is 2.72.